The first-order chi connectivity index (χ1) is 5.44. The van der Waals surface area contributed by atoms with Crippen molar-refractivity contribution in [2.45, 2.75) is 57.7 Å². The second kappa shape index (κ2) is 3.00. The first kappa shape index (κ1) is 10.0. The van der Waals surface area contributed by atoms with Crippen LogP contribution in [-0.2, 0) is 0 Å². The van der Waals surface area contributed by atoms with Gasteiger partial charge in [-0.05, 0) is 32.1 Å². The standard InChI is InChI=1S/C10H20O2/c1-4-8(2)10(12)7-5-6-9(10,3)11/h8,11-12H,4-7H2,1-3H3. The maximum atomic E-state index is 10.2. The molecule has 1 aliphatic carbocycles. The fourth-order valence-corrected chi connectivity index (χ4v) is 2.30. The maximum absolute atomic E-state index is 10.2. The summed E-state index contributed by atoms with van der Waals surface area (Å²) in [5, 5.41) is 20.2. The summed E-state index contributed by atoms with van der Waals surface area (Å²) in [6.45, 7) is 5.82. The van der Waals surface area contributed by atoms with Crippen molar-refractivity contribution in [3.05, 3.63) is 0 Å². The smallest absolute Gasteiger partial charge is 0.0955 e. The molecule has 0 aliphatic heterocycles. The Hall–Kier alpha value is -0.0800. The van der Waals surface area contributed by atoms with Gasteiger partial charge in [0.15, 0.2) is 0 Å². The predicted molar refractivity (Wildman–Crippen MR) is 48.9 cm³/mol. The molecule has 0 aromatic carbocycles. The molecule has 2 N–H and O–H groups in total. The fraction of sp³-hybridized carbons (Fsp3) is 1.00. The van der Waals surface area contributed by atoms with Crippen LogP contribution in [0.3, 0.4) is 0 Å². The lowest BCUT2D eigenvalue weighted by Crippen LogP contribution is -2.52. The van der Waals surface area contributed by atoms with Gasteiger partial charge in [0, 0.05) is 0 Å². The molecule has 1 rings (SSSR count). The molecule has 3 atom stereocenters. The number of hydrogen-bond acceptors (Lipinski definition) is 2. The average molecular weight is 172 g/mol. The van der Waals surface area contributed by atoms with E-state index in [-0.39, 0.29) is 5.92 Å². The van der Waals surface area contributed by atoms with Gasteiger partial charge in [0.25, 0.3) is 0 Å². The van der Waals surface area contributed by atoms with E-state index in [0.29, 0.717) is 0 Å². The molecular formula is C10H20O2. The topological polar surface area (TPSA) is 40.5 Å². The number of aliphatic hydroxyl groups is 2. The highest BCUT2D eigenvalue weighted by atomic mass is 16.4. The molecule has 0 aromatic rings. The summed E-state index contributed by atoms with van der Waals surface area (Å²) in [7, 11) is 0. The monoisotopic (exact) mass is 172 g/mol. The van der Waals surface area contributed by atoms with E-state index < -0.39 is 11.2 Å². The van der Waals surface area contributed by atoms with Gasteiger partial charge in [-0.3, -0.25) is 0 Å². The van der Waals surface area contributed by atoms with Gasteiger partial charge >= 0.3 is 0 Å². The first-order valence-corrected chi connectivity index (χ1v) is 4.89. The quantitative estimate of drug-likeness (QED) is 0.665. The second-order valence-corrected chi connectivity index (χ2v) is 4.36. The van der Waals surface area contributed by atoms with Crippen molar-refractivity contribution in [1.82, 2.24) is 0 Å². The van der Waals surface area contributed by atoms with Crippen LogP contribution in [0, 0.1) is 5.92 Å². The van der Waals surface area contributed by atoms with Crippen LogP contribution in [0.4, 0.5) is 0 Å². The molecule has 2 heteroatoms. The Bertz CT molecular complexity index is 165. The van der Waals surface area contributed by atoms with Gasteiger partial charge in [0.1, 0.15) is 0 Å². The van der Waals surface area contributed by atoms with Crippen molar-refractivity contribution in [3.8, 4) is 0 Å². The Balaban J connectivity index is 2.82. The third-order valence-electron chi connectivity index (χ3n) is 3.58. The molecule has 0 amide bonds. The Labute approximate surface area is 74.6 Å². The van der Waals surface area contributed by atoms with Crippen molar-refractivity contribution < 1.29 is 10.2 Å². The highest BCUT2D eigenvalue weighted by Gasteiger charge is 2.52. The van der Waals surface area contributed by atoms with Crippen LogP contribution in [0.1, 0.15) is 46.5 Å². The van der Waals surface area contributed by atoms with Crippen LogP contribution >= 0.6 is 0 Å². The minimum atomic E-state index is -0.873. The Morgan fingerprint density at radius 2 is 1.92 bits per heavy atom. The van der Waals surface area contributed by atoms with E-state index in [1.807, 2.05) is 6.92 Å². The zero-order valence-corrected chi connectivity index (χ0v) is 8.30. The lowest BCUT2D eigenvalue weighted by molar-refractivity contribution is -0.149. The molecule has 72 valence electrons. The summed E-state index contributed by atoms with van der Waals surface area (Å²) >= 11 is 0. The third-order valence-corrected chi connectivity index (χ3v) is 3.58. The van der Waals surface area contributed by atoms with E-state index in [0.717, 1.165) is 25.7 Å². The van der Waals surface area contributed by atoms with Crippen molar-refractivity contribution in [2.24, 2.45) is 5.92 Å². The van der Waals surface area contributed by atoms with Gasteiger partial charge in [-0.25, -0.2) is 0 Å². The zero-order valence-electron chi connectivity index (χ0n) is 8.30. The average Bonchev–Trinajstić information content (AvgIpc) is 2.26. The number of hydrogen-bond donors (Lipinski definition) is 2. The Kier molecular flexibility index (Phi) is 2.50. The molecule has 1 fully saturated rings. The van der Waals surface area contributed by atoms with E-state index in [4.69, 9.17) is 0 Å². The largest absolute Gasteiger partial charge is 0.387 e. The fourth-order valence-electron chi connectivity index (χ4n) is 2.30. The molecule has 0 bridgehead atoms. The SMILES string of the molecule is CCC(C)C1(O)CCCC1(C)O. The van der Waals surface area contributed by atoms with Gasteiger partial charge < -0.3 is 10.2 Å². The molecule has 2 nitrogen and oxygen atoms in total. The summed E-state index contributed by atoms with van der Waals surface area (Å²) in [5.41, 5.74) is -1.72. The predicted octanol–water partition coefficient (Wildman–Crippen LogP) is 1.70. The van der Waals surface area contributed by atoms with Crippen LogP contribution < -0.4 is 0 Å². The van der Waals surface area contributed by atoms with E-state index in [2.05, 4.69) is 6.92 Å². The van der Waals surface area contributed by atoms with Crippen molar-refractivity contribution in [1.29, 1.82) is 0 Å². The molecule has 0 radical (unpaired) electrons. The van der Waals surface area contributed by atoms with Crippen molar-refractivity contribution in [2.75, 3.05) is 0 Å². The molecule has 1 saturated carbocycles. The molecule has 12 heavy (non-hydrogen) atoms. The van der Waals surface area contributed by atoms with Crippen LogP contribution in [0.25, 0.3) is 0 Å². The minimum absolute atomic E-state index is 0.190. The molecule has 0 aromatic heterocycles. The molecule has 1 aliphatic rings. The summed E-state index contributed by atoms with van der Waals surface area (Å²) in [4.78, 5) is 0. The van der Waals surface area contributed by atoms with Crippen molar-refractivity contribution >= 4 is 0 Å². The molecule has 0 heterocycles. The second-order valence-electron chi connectivity index (χ2n) is 4.36. The van der Waals surface area contributed by atoms with Crippen molar-refractivity contribution in [3.63, 3.8) is 0 Å². The normalized spacial score (nSPS) is 44.8. The summed E-state index contributed by atoms with van der Waals surface area (Å²) in [6.07, 6.45) is 3.34. The van der Waals surface area contributed by atoms with Crippen LogP contribution in [0.15, 0.2) is 0 Å². The van der Waals surface area contributed by atoms with Crippen LogP contribution in [0.2, 0.25) is 0 Å². The number of rotatable bonds is 2. The maximum Gasteiger partial charge on any atom is 0.0955 e. The van der Waals surface area contributed by atoms with E-state index in [1.54, 1.807) is 6.92 Å². The van der Waals surface area contributed by atoms with Gasteiger partial charge in [-0.1, -0.05) is 20.3 Å². The highest BCUT2D eigenvalue weighted by molar-refractivity contribution is 5.04. The van der Waals surface area contributed by atoms with E-state index in [1.165, 1.54) is 0 Å². The summed E-state index contributed by atoms with van der Waals surface area (Å²) in [5.74, 6) is 0.190. The molecule has 0 saturated heterocycles. The zero-order chi connectivity index (χ0) is 9.41. The van der Waals surface area contributed by atoms with E-state index in [9.17, 15) is 10.2 Å². The van der Waals surface area contributed by atoms with Gasteiger partial charge in [0.2, 0.25) is 0 Å². The van der Waals surface area contributed by atoms with Gasteiger partial charge in [0.05, 0.1) is 11.2 Å². The molecule has 0 spiro atoms. The van der Waals surface area contributed by atoms with Crippen LogP contribution in [0.5, 0.6) is 0 Å². The lowest BCUT2D eigenvalue weighted by Gasteiger charge is -2.39. The minimum Gasteiger partial charge on any atom is -0.387 e. The van der Waals surface area contributed by atoms with Crippen LogP contribution in [-0.4, -0.2) is 21.4 Å². The third kappa shape index (κ3) is 1.27. The van der Waals surface area contributed by atoms with E-state index >= 15 is 0 Å². The highest BCUT2D eigenvalue weighted by Crippen LogP contribution is 2.44. The van der Waals surface area contributed by atoms with Gasteiger partial charge in [-0.15, -0.1) is 0 Å². The Morgan fingerprint density at radius 1 is 1.33 bits per heavy atom. The lowest BCUT2D eigenvalue weighted by atomic mass is 9.77. The summed E-state index contributed by atoms with van der Waals surface area (Å²) < 4.78 is 0. The summed E-state index contributed by atoms with van der Waals surface area (Å²) in [6, 6.07) is 0. The van der Waals surface area contributed by atoms with Gasteiger partial charge in [-0.2, -0.15) is 0 Å². The molecular weight excluding hydrogens is 152 g/mol. The first-order valence-electron chi connectivity index (χ1n) is 4.89. The molecule has 3 unspecified atom stereocenters. The Morgan fingerprint density at radius 3 is 2.25 bits per heavy atom.